The second-order valence-electron chi connectivity index (χ2n) is 5.77. The number of rotatable bonds is 5. The summed E-state index contributed by atoms with van der Waals surface area (Å²) in [7, 11) is 0. The molecule has 0 aliphatic heterocycles. The van der Waals surface area contributed by atoms with Crippen LogP contribution in [0.3, 0.4) is 0 Å². The second-order valence-corrected chi connectivity index (χ2v) is 5.77. The van der Waals surface area contributed by atoms with E-state index in [1.54, 1.807) is 0 Å². The molecule has 0 atom stereocenters. The monoisotopic (exact) mass is 310 g/mol. The van der Waals surface area contributed by atoms with E-state index in [4.69, 9.17) is 0 Å². The van der Waals surface area contributed by atoms with Gasteiger partial charge in [-0.25, -0.2) is 4.79 Å². The molecular weight excluding hydrogens is 292 g/mol. The average Bonchev–Trinajstić information content (AvgIpc) is 2.90. The predicted molar refractivity (Wildman–Crippen MR) is 75.0 cm³/mol. The average molecular weight is 310 g/mol. The number of hydrogen-bond acceptors (Lipinski definition) is 5. The fourth-order valence-corrected chi connectivity index (χ4v) is 2.63. The normalized spacial score (nSPS) is 24.7. The van der Waals surface area contributed by atoms with Crippen molar-refractivity contribution < 1.29 is 19.6 Å². The van der Waals surface area contributed by atoms with Crippen molar-refractivity contribution in [2.24, 2.45) is 5.92 Å². The number of hydrogen-bond donors (Lipinski definition) is 2. The van der Waals surface area contributed by atoms with Crippen molar-refractivity contribution in [3.63, 3.8) is 0 Å². The molecule has 1 aliphatic rings. The minimum atomic E-state index is -1.25. The Morgan fingerprint density at radius 1 is 1.55 bits per heavy atom. The highest BCUT2D eigenvalue weighted by atomic mass is 16.6. The molecule has 1 amide bonds. The van der Waals surface area contributed by atoms with E-state index in [-0.39, 0.29) is 12.2 Å². The van der Waals surface area contributed by atoms with Crippen LogP contribution in [0.15, 0.2) is 12.4 Å². The number of carboxylic acids is 1. The third-order valence-electron chi connectivity index (χ3n) is 4.05. The highest BCUT2D eigenvalue weighted by molar-refractivity contribution is 5.87. The smallest absolute Gasteiger partial charge is 0.329 e. The summed E-state index contributed by atoms with van der Waals surface area (Å²) < 4.78 is 1.12. The first-order valence-corrected chi connectivity index (χ1v) is 7.04. The summed E-state index contributed by atoms with van der Waals surface area (Å²) in [6, 6.07) is 0. The maximum absolute atomic E-state index is 12.0. The Bertz CT molecular complexity index is 589. The number of carboxylic acid groups (broad SMARTS) is 1. The van der Waals surface area contributed by atoms with E-state index in [0.717, 1.165) is 29.9 Å². The number of nitrogens with zero attached hydrogens (tertiary/aromatic N) is 3. The first-order chi connectivity index (χ1) is 10.3. The summed E-state index contributed by atoms with van der Waals surface area (Å²) in [6.07, 6.45) is 4.42. The molecule has 1 heterocycles. The van der Waals surface area contributed by atoms with Gasteiger partial charge in [-0.1, -0.05) is 6.92 Å². The van der Waals surface area contributed by atoms with Crippen molar-refractivity contribution in [2.75, 3.05) is 0 Å². The predicted octanol–water partition coefficient (Wildman–Crippen LogP) is 0.941. The number of aromatic nitrogens is 2. The molecule has 1 aromatic heterocycles. The van der Waals surface area contributed by atoms with E-state index in [0.29, 0.717) is 18.8 Å². The summed E-state index contributed by atoms with van der Waals surface area (Å²) in [6.45, 7) is 1.80. The fourth-order valence-electron chi connectivity index (χ4n) is 2.63. The molecule has 22 heavy (non-hydrogen) atoms. The van der Waals surface area contributed by atoms with Crippen LogP contribution in [-0.4, -0.2) is 37.2 Å². The molecule has 2 N–H and O–H groups in total. The number of carbonyl (C=O) groups excluding carboxylic acids is 1. The molecular formula is C13H18N4O5. The van der Waals surface area contributed by atoms with Crippen molar-refractivity contribution in [3.8, 4) is 0 Å². The van der Waals surface area contributed by atoms with Gasteiger partial charge in [0.1, 0.15) is 24.5 Å². The molecule has 9 heteroatoms. The van der Waals surface area contributed by atoms with Crippen molar-refractivity contribution in [3.05, 3.63) is 22.5 Å². The lowest BCUT2D eigenvalue weighted by Gasteiger charge is -2.36. The van der Waals surface area contributed by atoms with Crippen LogP contribution < -0.4 is 5.32 Å². The van der Waals surface area contributed by atoms with Gasteiger partial charge < -0.3 is 10.4 Å². The van der Waals surface area contributed by atoms with Gasteiger partial charge in [-0.15, -0.1) is 0 Å². The Kier molecular flexibility index (Phi) is 4.43. The summed E-state index contributed by atoms with van der Waals surface area (Å²) in [5.74, 6) is -1.12. The van der Waals surface area contributed by atoms with Gasteiger partial charge in [0, 0.05) is 0 Å². The van der Waals surface area contributed by atoms with E-state index < -0.39 is 22.3 Å². The minimum absolute atomic E-state index is 0.216. The van der Waals surface area contributed by atoms with Gasteiger partial charge in [0.05, 0.1) is 4.92 Å². The SMILES string of the molecule is CC1CCC(NC(=O)Cn2cc([N+](=O)[O-])cn2)(C(=O)O)CC1. The third-order valence-corrected chi connectivity index (χ3v) is 4.05. The van der Waals surface area contributed by atoms with Crippen LogP contribution in [0.5, 0.6) is 0 Å². The van der Waals surface area contributed by atoms with Gasteiger partial charge in [-0.3, -0.25) is 19.6 Å². The Labute approximate surface area is 126 Å². The van der Waals surface area contributed by atoms with Gasteiger partial charge in [-0.05, 0) is 31.6 Å². The van der Waals surface area contributed by atoms with Crippen molar-refractivity contribution in [1.29, 1.82) is 0 Å². The molecule has 0 aromatic carbocycles. The lowest BCUT2D eigenvalue weighted by Crippen LogP contribution is -2.56. The molecule has 9 nitrogen and oxygen atoms in total. The van der Waals surface area contributed by atoms with Gasteiger partial charge >= 0.3 is 11.7 Å². The van der Waals surface area contributed by atoms with Crippen LogP contribution in [-0.2, 0) is 16.1 Å². The van der Waals surface area contributed by atoms with Crippen LogP contribution in [0.4, 0.5) is 5.69 Å². The van der Waals surface area contributed by atoms with E-state index in [2.05, 4.69) is 17.3 Å². The quantitative estimate of drug-likeness (QED) is 0.615. The van der Waals surface area contributed by atoms with Crippen LogP contribution in [0.25, 0.3) is 0 Å². The number of carbonyl (C=O) groups is 2. The molecule has 0 saturated heterocycles. The third kappa shape index (κ3) is 3.41. The first-order valence-electron chi connectivity index (χ1n) is 7.04. The fraction of sp³-hybridized carbons (Fsp3) is 0.615. The van der Waals surface area contributed by atoms with Crippen molar-refractivity contribution in [2.45, 2.75) is 44.7 Å². The lowest BCUT2D eigenvalue weighted by atomic mass is 9.77. The molecule has 1 aromatic rings. The van der Waals surface area contributed by atoms with Crippen molar-refractivity contribution in [1.82, 2.24) is 15.1 Å². The molecule has 2 rings (SSSR count). The number of amides is 1. The number of nitro groups is 1. The highest BCUT2D eigenvalue weighted by Gasteiger charge is 2.42. The second kappa shape index (κ2) is 6.12. The maximum atomic E-state index is 12.0. The highest BCUT2D eigenvalue weighted by Crippen LogP contribution is 2.32. The van der Waals surface area contributed by atoms with Crippen LogP contribution in [0.1, 0.15) is 32.6 Å². The van der Waals surface area contributed by atoms with Gasteiger partial charge in [0.15, 0.2) is 0 Å². The zero-order valence-corrected chi connectivity index (χ0v) is 12.2. The molecule has 1 aliphatic carbocycles. The molecule has 0 spiro atoms. The molecule has 0 unspecified atom stereocenters. The van der Waals surface area contributed by atoms with Crippen LogP contribution >= 0.6 is 0 Å². The zero-order valence-electron chi connectivity index (χ0n) is 12.2. The Balaban J connectivity index is 2.02. The van der Waals surface area contributed by atoms with Gasteiger partial charge in [0.25, 0.3) is 0 Å². The summed E-state index contributed by atoms with van der Waals surface area (Å²) >= 11 is 0. The van der Waals surface area contributed by atoms with E-state index >= 15 is 0 Å². The number of nitrogens with one attached hydrogen (secondary N) is 1. The van der Waals surface area contributed by atoms with E-state index in [9.17, 15) is 24.8 Å². The first kappa shape index (κ1) is 15.9. The standard InChI is InChI=1S/C13H18N4O5/c1-9-2-4-13(5-3-9,12(19)20)15-11(18)8-16-7-10(6-14-16)17(21)22/h6-7,9H,2-5,8H2,1H3,(H,15,18)(H,19,20). The maximum Gasteiger partial charge on any atom is 0.329 e. The van der Waals surface area contributed by atoms with Crippen LogP contribution in [0.2, 0.25) is 0 Å². The Morgan fingerprint density at radius 3 is 2.68 bits per heavy atom. The molecule has 1 fully saturated rings. The minimum Gasteiger partial charge on any atom is -0.480 e. The van der Waals surface area contributed by atoms with Crippen molar-refractivity contribution >= 4 is 17.6 Å². The molecule has 120 valence electrons. The number of aliphatic carboxylic acids is 1. The topological polar surface area (TPSA) is 127 Å². The van der Waals surface area contributed by atoms with E-state index in [1.165, 1.54) is 0 Å². The Morgan fingerprint density at radius 2 is 2.18 bits per heavy atom. The van der Waals surface area contributed by atoms with Gasteiger partial charge in [0.2, 0.25) is 5.91 Å². The lowest BCUT2D eigenvalue weighted by molar-refractivity contribution is -0.385. The zero-order chi connectivity index (χ0) is 16.3. The molecule has 1 saturated carbocycles. The molecule has 0 bridgehead atoms. The van der Waals surface area contributed by atoms with Gasteiger partial charge in [-0.2, -0.15) is 5.10 Å². The Hall–Kier alpha value is -2.45. The molecule has 0 radical (unpaired) electrons. The van der Waals surface area contributed by atoms with E-state index in [1.807, 2.05) is 0 Å². The summed E-state index contributed by atoms with van der Waals surface area (Å²) in [4.78, 5) is 33.5. The summed E-state index contributed by atoms with van der Waals surface area (Å²) in [5.41, 5.74) is -1.46. The van der Waals surface area contributed by atoms with Crippen LogP contribution in [0, 0.1) is 16.0 Å². The largest absolute Gasteiger partial charge is 0.480 e. The summed E-state index contributed by atoms with van der Waals surface area (Å²) in [5, 5.41) is 26.3.